The molecule has 0 fully saturated rings. The van der Waals surface area contributed by atoms with Crippen LogP contribution in [0, 0.1) is 5.41 Å². The molecule has 4 nitrogen and oxygen atoms in total. The minimum Gasteiger partial charge on any atom is -0.480 e. The molecule has 4 heteroatoms. The second-order valence-corrected chi connectivity index (χ2v) is 2.92. The third-order valence-electron chi connectivity index (χ3n) is 2.17. The fourth-order valence-corrected chi connectivity index (χ4v) is 1.30. The van der Waals surface area contributed by atoms with Crippen molar-refractivity contribution in [1.82, 2.24) is 0 Å². The molecule has 0 amide bonds. The molecule has 0 saturated carbocycles. The highest BCUT2D eigenvalue weighted by atomic mass is 16.4. The summed E-state index contributed by atoms with van der Waals surface area (Å²) in [6, 6.07) is 0. The van der Waals surface area contributed by atoms with Crippen LogP contribution in [0.15, 0.2) is 24.3 Å². The number of Topliss-reactive ketones (excluding diaryl/α,β-unsaturated/α-hetero) is 1. The van der Waals surface area contributed by atoms with Crippen LogP contribution in [0.2, 0.25) is 0 Å². The molecule has 1 unspecified atom stereocenters. The lowest BCUT2D eigenvalue weighted by atomic mass is 9.76. The standard InChI is InChI=1S/C9H10O4/c1-6(10)9(8(12)13)5-3-2-4-7(9)11/h2-5,7,11H,1H3,(H,12,13)/t7?,9-/m0/s1. The van der Waals surface area contributed by atoms with E-state index in [4.69, 9.17) is 5.11 Å². The zero-order chi connectivity index (χ0) is 10.1. The first kappa shape index (κ1) is 9.67. The van der Waals surface area contributed by atoms with E-state index in [9.17, 15) is 14.7 Å². The van der Waals surface area contributed by atoms with Gasteiger partial charge in [0.15, 0.2) is 11.2 Å². The van der Waals surface area contributed by atoms with Crippen LogP contribution in [-0.2, 0) is 9.59 Å². The highest BCUT2D eigenvalue weighted by molar-refractivity contribution is 6.05. The van der Waals surface area contributed by atoms with Gasteiger partial charge in [-0.2, -0.15) is 0 Å². The number of hydrogen-bond donors (Lipinski definition) is 2. The van der Waals surface area contributed by atoms with Gasteiger partial charge in [-0.1, -0.05) is 24.3 Å². The summed E-state index contributed by atoms with van der Waals surface area (Å²) < 4.78 is 0. The number of carbonyl (C=O) groups excluding carboxylic acids is 1. The lowest BCUT2D eigenvalue weighted by Gasteiger charge is -2.28. The fraction of sp³-hybridized carbons (Fsp3) is 0.333. The lowest BCUT2D eigenvalue weighted by Crippen LogP contribution is -2.46. The number of ketones is 1. The molecule has 0 saturated heterocycles. The summed E-state index contributed by atoms with van der Waals surface area (Å²) in [5.74, 6) is -1.90. The molecule has 1 aliphatic carbocycles. The second kappa shape index (κ2) is 3.14. The minimum atomic E-state index is -1.80. The molecular formula is C9H10O4. The predicted octanol–water partition coefficient (Wildman–Crippen LogP) is 0.133. The monoisotopic (exact) mass is 182 g/mol. The van der Waals surface area contributed by atoms with Crippen molar-refractivity contribution < 1.29 is 19.8 Å². The van der Waals surface area contributed by atoms with Crippen molar-refractivity contribution >= 4 is 11.8 Å². The van der Waals surface area contributed by atoms with E-state index in [0.29, 0.717) is 0 Å². The smallest absolute Gasteiger partial charge is 0.324 e. The van der Waals surface area contributed by atoms with Crippen LogP contribution in [-0.4, -0.2) is 28.1 Å². The summed E-state index contributed by atoms with van der Waals surface area (Å²) in [7, 11) is 0. The summed E-state index contributed by atoms with van der Waals surface area (Å²) in [5, 5.41) is 18.3. The van der Waals surface area contributed by atoms with Crippen LogP contribution in [0.5, 0.6) is 0 Å². The van der Waals surface area contributed by atoms with Crippen LogP contribution in [0.3, 0.4) is 0 Å². The van der Waals surface area contributed by atoms with E-state index in [1.807, 2.05) is 0 Å². The molecule has 0 aromatic heterocycles. The van der Waals surface area contributed by atoms with E-state index in [2.05, 4.69) is 0 Å². The molecular weight excluding hydrogens is 172 g/mol. The van der Waals surface area contributed by atoms with Crippen molar-refractivity contribution in [2.24, 2.45) is 5.41 Å². The van der Waals surface area contributed by atoms with Gasteiger partial charge in [-0.25, -0.2) is 0 Å². The topological polar surface area (TPSA) is 74.6 Å². The van der Waals surface area contributed by atoms with Crippen molar-refractivity contribution in [2.45, 2.75) is 13.0 Å². The number of aliphatic carboxylic acids is 1. The fourth-order valence-electron chi connectivity index (χ4n) is 1.30. The largest absolute Gasteiger partial charge is 0.480 e. The van der Waals surface area contributed by atoms with E-state index >= 15 is 0 Å². The molecule has 2 N–H and O–H groups in total. The molecule has 0 heterocycles. The molecule has 0 bridgehead atoms. The summed E-state index contributed by atoms with van der Waals surface area (Å²) >= 11 is 0. The number of carboxylic acid groups (broad SMARTS) is 1. The number of aliphatic hydroxyl groups excluding tert-OH is 1. The Kier molecular flexibility index (Phi) is 2.34. The minimum absolute atomic E-state index is 0.576. The molecule has 13 heavy (non-hydrogen) atoms. The van der Waals surface area contributed by atoms with Crippen molar-refractivity contribution in [3.63, 3.8) is 0 Å². The van der Waals surface area contributed by atoms with Gasteiger partial charge in [-0.05, 0) is 6.92 Å². The maximum atomic E-state index is 11.1. The molecule has 0 spiro atoms. The van der Waals surface area contributed by atoms with Gasteiger partial charge in [0.1, 0.15) is 0 Å². The van der Waals surface area contributed by atoms with Crippen LogP contribution < -0.4 is 0 Å². The predicted molar refractivity (Wildman–Crippen MR) is 45.0 cm³/mol. The molecule has 1 aliphatic rings. The third-order valence-corrected chi connectivity index (χ3v) is 2.17. The number of rotatable bonds is 2. The van der Waals surface area contributed by atoms with E-state index in [1.54, 1.807) is 0 Å². The van der Waals surface area contributed by atoms with Crippen molar-refractivity contribution in [3.8, 4) is 0 Å². The van der Waals surface area contributed by atoms with Gasteiger partial charge in [0, 0.05) is 0 Å². The summed E-state index contributed by atoms with van der Waals surface area (Å²) in [6.45, 7) is 1.15. The molecule has 2 atom stereocenters. The van der Waals surface area contributed by atoms with E-state index < -0.39 is 23.3 Å². The molecule has 70 valence electrons. The Labute approximate surface area is 75.2 Å². The number of hydrogen-bond acceptors (Lipinski definition) is 3. The average molecular weight is 182 g/mol. The number of carboxylic acids is 1. The average Bonchev–Trinajstić information content (AvgIpc) is 2.04. The molecule has 0 aromatic rings. The second-order valence-electron chi connectivity index (χ2n) is 2.92. The third kappa shape index (κ3) is 1.29. The Bertz CT molecular complexity index is 287. The lowest BCUT2D eigenvalue weighted by molar-refractivity contribution is -0.155. The van der Waals surface area contributed by atoms with E-state index in [-0.39, 0.29) is 0 Å². The molecule has 1 rings (SSSR count). The summed E-state index contributed by atoms with van der Waals surface area (Å²) in [6.07, 6.45) is 4.17. The van der Waals surface area contributed by atoms with Crippen LogP contribution in [0.1, 0.15) is 6.92 Å². The van der Waals surface area contributed by atoms with E-state index in [1.165, 1.54) is 24.3 Å². The maximum absolute atomic E-state index is 11.1. The van der Waals surface area contributed by atoms with Gasteiger partial charge in [0.2, 0.25) is 0 Å². The van der Waals surface area contributed by atoms with Gasteiger partial charge in [0.25, 0.3) is 0 Å². The van der Waals surface area contributed by atoms with E-state index in [0.717, 1.165) is 6.92 Å². The molecule has 0 aromatic carbocycles. The van der Waals surface area contributed by atoms with Gasteiger partial charge in [-0.15, -0.1) is 0 Å². The van der Waals surface area contributed by atoms with Crippen molar-refractivity contribution in [1.29, 1.82) is 0 Å². The Hall–Kier alpha value is -1.42. The van der Waals surface area contributed by atoms with Crippen LogP contribution >= 0.6 is 0 Å². The Morgan fingerprint density at radius 2 is 2.00 bits per heavy atom. The zero-order valence-corrected chi connectivity index (χ0v) is 7.10. The number of carbonyl (C=O) groups is 2. The maximum Gasteiger partial charge on any atom is 0.324 e. The van der Waals surface area contributed by atoms with Gasteiger partial charge < -0.3 is 10.2 Å². The highest BCUT2D eigenvalue weighted by Crippen LogP contribution is 2.29. The zero-order valence-electron chi connectivity index (χ0n) is 7.10. The van der Waals surface area contributed by atoms with Gasteiger partial charge in [-0.3, -0.25) is 9.59 Å². The summed E-state index contributed by atoms with van der Waals surface area (Å²) in [5.41, 5.74) is -1.80. The normalized spacial score (nSPS) is 31.7. The highest BCUT2D eigenvalue weighted by Gasteiger charge is 2.47. The quantitative estimate of drug-likeness (QED) is 0.595. The van der Waals surface area contributed by atoms with Crippen molar-refractivity contribution in [2.75, 3.05) is 0 Å². The first-order valence-corrected chi connectivity index (χ1v) is 3.80. The molecule has 0 radical (unpaired) electrons. The SMILES string of the molecule is CC(=O)[C@@]1(C(=O)O)C=CC=CC1O. The Morgan fingerprint density at radius 1 is 1.38 bits per heavy atom. The number of allylic oxidation sites excluding steroid dienone is 2. The van der Waals surface area contributed by atoms with Gasteiger partial charge >= 0.3 is 5.97 Å². The number of aliphatic hydroxyl groups is 1. The molecule has 0 aliphatic heterocycles. The van der Waals surface area contributed by atoms with Gasteiger partial charge in [0.05, 0.1) is 6.10 Å². The first-order valence-electron chi connectivity index (χ1n) is 3.80. The summed E-state index contributed by atoms with van der Waals surface area (Å²) in [4.78, 5) is 22.0. The van der Waals surface area contributed by atoms with Crippen molar-refractivity contribution in [3.05, 3.63) is 24.3 Å². The van der Waals surface area contributed by atoms with Crippen LogP contribution in [0.4, 0.5) is 0 Å². The Morgan fingerprint density at radius 3 is 2.31 bits per heavy atom. The Balaban J connectivity index is 3.19. The van der Waals surface area contributed by atoms with Crippen LogP contribution in [0.25, 0.3) is 0 Å². The first-order chi connectivity index (χ1) is 6.01.